The summed E-state index contributed by atoms with van der Waals surface area (Å²) in [6.07, 6.45) is 3.92. The number of carbonyl (C=O) groups excluding carboxylic acids is 1. The second kappa shape index (κ2) is 5.60. The van der Waals surface area contributed by atoms with Crippen molar-refractivity contribution in [1.29, 1.82) is 0 Å². The second-order valence-electron chi connectivity index (χ2n) is 4.31. The Morgan fingerprint density at radius 2 is 2.31 bits per heavy atom. The van der Waals surface area contributed by atoms with Crippen LogP contribution < -0.4 is 5.32 Å². The number of aliphatic hydroxyl groups is 1. The highest BCUT2D eigenvalue weighted by atomic mass is 16.3. The summed E-state index contributed by atoms with van der Waals surface area (Å²) in [6.45, 7) is 4.35. The van der Waals surface area contributed by atoms with Crippen molar-refractivity contribution in [1.82, 2.24) is 20.1 Å². The van der Waals surface area contributed by atoms with E-state index in [1.807, 2.05) is 13.8 Å². The van der Waals surface area contributed by atoms with Crippen LogP contribution in [0, 0.1) is 0 Å². The number of nitrogens with one attached hydrogen (secondary N) is 1. The zero-order valence-corrected chi connectivity index (χ0v) is 9.68. The summed E-state index contributed by atoms with van der Waals surface area (Å²) >= 11 is 0. The van der Waals surface area contributed by atoms with Gasteiger partial charge in [-0.3, -0.25) is 9.48 Å². The number of hydrogen-bond donors (Lipinski definition) is 2. The van der Waals surface area contributed by atoms with Gasteiger partial charge in [0.2, 0.25) is 5.91 Å². The number of hydrogen-bond acceptors (Lipinski definition) is 4. The lowest BCUT2D eigenvalue weighted by Gasteiger charge is -2.25. The van der Waals surface area contributed by atoms with Crippen LogP contribution in [0.5, 0.6) is 0 Å². The molecule has 0 saturated carbocycles. The fourth-order valence-corrected chi connectivity index (χ4v) is 1.35. The molecule has 90 valence electrons. The van der Waals surface area contributed by atoms with Crippen molar-refractivity contribution in [2.75, 3.05) is 6.61 Å². The fourth-order valence-electron chi connectivity index (χ4n) is 1.35. The highest BCUT2D eigenvalue weighted by Crippen LogP contribution is 2.07. The first-order valence-corrected chi connectivity index (χ1v) is 5.28. The number of aromatic nitrogens is 3. The Bertz CT molecular complexity index is 322. The lowest BCUT2D eigenvalue weighted by Crippen LogP contribution is -2.44. The van der Waals surface area contributed by atoms with Gasteiger partial charge in [-0.1, -0.05) is 0 Å². The molecule has 1 aromatic rings. The summed E-state index contributed by atoms with van der Waals surface area (Å²) in [5, 5.41) is 15.6. The van der Waals surface area contributed by atoms with Crippen LogP contribution in [0.2, 0.25) is 0 Å². The Balaban J connectivity index is 2.30. The van der Waals surface area contributed by atoms with Gasteiger partial charge in [-0.2, -0.15) is 5.10 Å². The minimum absolute atomic E-state index is 0.0473. The summed E-state index contributed by atoms with van der Waals surface area (Å²) in [7, 11) is 0. The molecule has 0 spiro atoms. The van der Waals surface area contributed by atoms with Crippen LogP contribution in [0.1, 0.15) is 26.7 Å². The van der Waals surface area contributed by atoms with Crippen molar-refractivity contribution >= 4 is 5.91 Å². The third-order valence-electron chi connectivity index (χ3n) is 2.25. The summed E-state index contributed by atoms with van der Waals surface area (Å²) in [4.78, 5) is 15.4. The number of aliphatic hydroxyl groups excluding tert-OH is 1. The van der Waals surface area contributed by atoms with Gasteiger partial charge in [-0.15, -0.1) is 0 Å². The van der Waals surface area contributed by atoms with E-state index in [1.54, 1.807) is 11.0 Å². The number of aryl methyl sites for hydroxylation is 1. The van der Waals surface area contributed by atoms with Crippen molar-refractivity contribution < 1.29 is 9.90 Å². The number of rotatable bonds is 6. The van der Waals surface area contributed by atoms with Crippen molar-refractivity contribution in [2.24, 2.45) is 0 Å². The van der Waals surface area contributed by atoms with Crippen LogP contribution in [-0.4, -0.2) is 37.9 Å². The third kappa shape index (κ3) is 4.39. The normalized spacial score (nSPS) is 11.4. The van der Waals surface area contributed by atoms with Gasteiger partial charge in [-0.05, 0) is 20.3 Å². The van der Waals surface area contributed by atoms with Crippen LogP contribution >= 0.6 is 0 Å². The van der Waals surface area contributed by atoms with E-state index in [2.05, 4.69) is 15.4 Å². The SMILES string of the molecule is CC(C)(CCO)NC(=O)CCn1cncn1. The van der Waals surface area contributed by atoms with Crippen molar-refractivity contribution in [3.05, 3.63) is 12.7 Å². The highest BCUT2D eigenvalue weighted by Gasteiger charge is 2.19. The average molecular weight is 226 g/mol. The lowest BCUT2D eigenvalue weighted by molar-refractivity contribution is -0.123. The van der Waals surface area contributed by atoms with Gasteiger partial charge >= 0.3 is 0 Å². The molecule has 1 heterocycles. The van der Waals surface area contributed by atoms with Gasteiger partial charge in [0.25, 0.3) is 0 Å². The first kappa shape index (κ1) is 12.6. The Morgan fingerprint density at radius 1 is 1.56 bits per heavy atom. The second-order valence-corrected chi connectivity index (χ2v) is 4.31. The maximum atomic E-state index is 11.6. The van der Waals surface area contributed by atoms with E-state index < -0.39 is 0 Å². The van der Waals surface area contributed by atoms with Crippen molar-refractivity contribution in [3.8, 4) is 0 Å². The summed E-state index contributed by atoms with van der Waals surface area (Å²) in [6, 6.07) is 0. The van der Waals surface area contributed by atoms with Crippen molar-refractivity contribution in [2.45, 2.75) is 38.8 Å². The van der Waals surface area contributed by atoms with Gasteiger partial charge in [0, 0.05) is 18.6 Å². The van der Waals surface area contributed by atoms with Gasteiger partial charge in [0.1, 0.15) is 12.7 Å². The molecule has 0 aromatic carbocycles. The molecule has 6 nitrogen and oxygen atoms in total. The molecule has 2 N–H and O–H groups in total. The van der Waals surface area contributed by atoms with E-state index in [0.29, 0.717) is 19.4 Å². The van der Waals surface area contributed by atoms with Gasteiger partial charge in [0.05, 0.1) is 6.54 Å². The van der Waals surface area contributed by atoms with Crippen LogP contribution in [0.3, 0.4) is 0 Å². The molecule has 0 radical (unpaired) electrons. The Morgan fingerprint density at radius 3 is 2.88 bits per heavy atom. The maximum Gasteiger partial charge on any atom is 0.222 e. The Labute approximate surface area is 94.7 Å². The van der Waals surface area contributed by atoms with E-state index in [-0.39, 0.29) is 18.1 Å². The Hall–Kier alpha value is -1.43. The average Bonchev–Trinajstić information content (AvgIpc) is 2.66. The molecule has 0 atom stereocenters. The minimum Gasteiger partial charge on any atom is -0.396 e. The van der Waals surface area contributed by atoms with E-state index in [9.17, 15) is 4.79 Å². The lowest BCUT2D eigenvalue weighted by atomic mass is 10.0. The van der Waals surface area contributed by atoms with E-state index in [1.165, 1.54) is 6.33 Å². The molecule has 1 aromatic heterocycles. The van der Waals surface area contributed by atoms with E-state index in [4.69, 9.17) is 5.11 Å². The Kier molecular flexibility index (Phi) is 4.42. The third-order valence-corrected chi connectivity index (χ3v) is 2.25. The zero-order valence-electron chi connectivity index (χ0n) is 9.68. The first-order valence-electron chi connectivity index (χ1n) is 5.28. The van der Waals surface area contributed by atoms with Crippen LogP contribution in [-0.2, 0) is 11.3 Å². The molecule has 16 heavy (non-hydrogen) atoms. The smallest absolute Gasteiger partial charge is 0.222 e. The fraction of sp³-hybridized carbons (Fsp3) is 0.700. The van der Waals surface area contributed by atoms with Crippen molar-refractivity contribution in [3.63, 3.8) is 0 Å². The largest absolute Gasteiger partial charge is 0.396 e. The van der Waals surface area contributed by atoms with Crippen LogP contribution in [0.15, 0.2) is 12.7 Å². The quantitative estimate of drug-likeness (QED) is 0.712. The topological polar surface area (TPSA) is 80.0 Å². The monoisotopic (exact) mass is 226 g/mol. The molecule has 0 saturated heterocycles. The van der Waals surface area contributed by atoms with E-state index in [0.717, 1.165) is 0 Å². The predicted molar refractivity (Wildman–Crippen MR) is 58.6 cm³/mol. The standard InChI is InChI=1S/C10H18N4O2/c1-10(2,4-6-15)13-9(16)3-5-14-8-11-7-12-14/h7-8,15H,3-6H2,1-2H3,(H,13,16). The number of nitrogens with zero attached hydrogens (tertiary/aromatic N) is 3. The molecule has 0 aliphatic carbocycles. The minimum atomic E-state index is -0.367. The molecular formula is C10H18N4O2. The summed E-state index contributed by atoms with van der Waals surface area (Å²) in [5.41, 5.74) is -0.367. The van der Waals surface area contributed by atoms with Gasteiger partial charge < -0.3 is 10.4 Å². The van der Waals surface area contributed by atoms with Gasteiger partial charge in [0.15, 0.2) is 0 Å². The molecule has 1 rings (SSSR count). The predicted octanol–water partition coefficient (Wildman–Crippen LogP) is -0.0546. The molecule has 0 aliphatic heterocycles. The molecule has 0 aliphatic rings. The molecule has 0 bridgehead atoms. The molecule has 0 fully saturated rings. The maximum absolute atomic E-state index is 11.6. The zero-order chi connectivity index (χ0) is 12.0. The van der Waals surface area contributed by atoms with Crippen LogP contribution in [0.25, 0.3) is 0 Å². The molecule has 6 heteroatoms. The highest BCUT2D eigenvalue weighted by molar-refractivity contribution is 5.76. The van der Waals surface area contributed by atoms with Gasteiger partial charge in [-0.25, -0.2) is 4.98 Å². The number of carbonyl (C=O) groups is 1. The molecular weight excluding hydrogens is 208 g/mol. The first-order chi connectivity index (χ1) is 7.53. The summed E-state index contributed by atoms with van der Waals surface area (Å²) < 4.78 is 1.61. The van der Waals surface area contributed by atoms with Crippen LogP contribution in [0.4, 0.5) is 0 Å². The van der Waals surface area contributed by atoms with E-state index >= 15 is 0 Å². The summed E-state index contributed by atoms with van der Waals surface area (Å²) in [5.74, 6) is -0.0473. The number of amides is 1. The molecule has 0 unspecified atom stereocenters. The molecule has 1 amide bonds.